The van der Waals surface area contributed by atoms with Crippen LogP contribution in [0.4, 0.5) is 23.7 Å². The average Bonchev–Trinajstić information content (AvgIpc) is 2.60. The van der Waals surface area contributed by atoms with Crippen LogP contribution in [0.2, 0.25) is 0 Å². The minimum absolute atomic E-state index is 0.0277. The van der Waals surface area contributed by atoms with Crippen LogP contribution in [-0.4, -0.2) is 30.1 Å². The van der Waals surface area contributed by atoms with Crippen molar-refractivity contribution in [3.05, 3.63) is 59.7 Å². The summed E-state index contributed by atoms with van der Waals surface area (Å²) >= 11 is 0. The maximum Gasteiger partial charge on any atom is 0.418 e. The summed E-state index contributed by atoms with van der Waals surface area (Å²) in [5.74, 6) is -0.408. The van der Waals surface area contributed by atoms with Crippen molar-refractivity contribution in [2.24, 2.45) is 0 Å². The van der Waals surface area contributed by atoms with Crippen molar-refractivity contribution < 1.29 is 27.9 Å². The third-order valence-corrected chi connectivity index (χ3v) is 3.51. The first-order chi connectivity index (χ1) is 12.8. The molecule has 2 rings (SSSR count). The zero-order valence-electron chi connectivity index (χ0n) is 14.1. The van der Waals surface area contributed by atoms with Gasteiger partial charge < -0.3 is 21.1 Å². The first-order valence-corrected chi connectivity index (χ1v) is 8.05. The Kier molecular flexibility index (Phi) is 6.64. The van der Waals surface area contributed by atoms with Gasteiger partial charge in [-0.3, -0.25) is 4.79 Å². The molecule has 27 heavy (non-hydrogen) atoms. The van der Waals surface area contributed by atoms with Gasteiger partial charge in [0.25, 0.3) is 5.91 Å². The molecule has 144 valence electrons. The quantitative estimate of drug-likeness (QED) is 0.579. The summed E-state index contributed by atoms with van der Waals surface area (Å²) < 4.78 is 38.6. The number of carbonyl (C=O) groups is 2. The van der Waals surface area contributed by atoms with Crippen LogP contribution in [0.1, 0.15) is 22.3 Å². The van der Waals surface area contributed by atoms with Gasteiger partial charge in [0.05, 0.1) is 11.3 Å². The molecular weight excluding hydrogens is 363 g/mol. The summed E-state index contributed by atoms with van der Waals surface area (Å²) in [6.45, 7) is 0.397. The van der Waals surface area contributed by atoms with Gasteiger partial charge in [0.2, 0.25) is 0 Å². The van der Waals surface area contributed by atoms with E-state index in [1.807, 2.05) is 0 Å². The van der Waals surface area contributed by atoms with E-state index >= 15 is 0 Å². The normalized spacial score (nSPS) is 10.9. The summed E-state index contributed by atoms with van der Waals surface area (Å²) in [4.78, 5) is 23.6. The minimum Gasteiger partial charge on any atom is -0.508 e. The number of amides is 3. The summed E-state index contributed by atoms with van der Waals surface area (Å²) in [6, 6.07) is 9.74. The molecule has 0 saturated heterocycles. The lowest BCUT2D eigenvalue weighted by Gasteiger charge is -2.14. The number of phenolic OH excluding ortho intramolecular Hbond substituents is 1. The second-order valence-electron chi connectivity index (χ2n) is 5.58. The van der Waals surface area contributed by atoms with Gasteiger partial charge in [0, 0.05) is 18.7 Å². The minimum atomic E-state index is -4.57. The van der Waals surface area contributed by atoms with Crippen molar-refractivity contribution >= 4 is 17.6 Å². The van der Waals surface area contributed by atoms with Crippen molar-refractivity contribution in [1.82, 2.24) is 10.6 Å². The highest BCUT2D eigenvalue weighted by atomic mass is 19.4. The molecule has 2 aromatic carbocycles. The van der Waals surface area contributed by atoms with Crippen molar-refractivity contribution in [2.75, 3.05) is 18.4 Å². The number of hydrogen-bond donors (Lipinski definition) is 4. The van der Waals surface area contributed by atoms with Gasteiger partial charge in [0.1, 0.15) is 5.75 Å². The van der Waals surface area contributed by atoms with E-state index in [0.29, 0.717) is 12.0 Å². The lowest BCUT2D eigenvalue weighted by molar-refractivity contribution is -0.136. The third kappa shape index (κ3) is 6.21. The molecule has 0 unspecified atom stereocenters. The molecule has 0 fully saturated rings. The fourth-order valence-corrected chi connectivity index (χ4v) is 2.25. The molecule has 0 radical (unpaired) electrons. The van der Waals surface area contributed by atoms with Gasteiger partial charge in [-0.1, -0.05) is 18.2 Å². The van der Waals surface area contributed by atoms with Crippen LogP contribution < -0.4 is 16.0 Å². The van der Waals surface area contributed by atoms with Gasteiger partial charge >= 0.3 is 12.2 Å². The number of carbonyl (C=O) groups excluding carboxylic acids is 2. The Morgan fingerprint density at radius 1 is 0.963 bits per heavy atom. The molecule has 0 spiro atoms. The van der Waals surface area contributed by atoms with Gasteiger partial charge in [-0.25, -0.2) is 4.79 Å². The Hall–Kier alpha value is -3.23. The number of aromatic hydroxyl groups is 1. The van der Waals surface area contributed by atoms with E-state index in [9.17, 15) is 27.9 Å². The van der Waals surface area contributed by atoms with Crippen molar-refractivity contribution in [1.29, 1.82) is 0 Å². The smallest absolute Gasteiger partial charge is 0.418 e. The predicted molar refractivity (Wildman–Crippen MR) is 93.5 cm³/mol. The number of anilines is 1. The molecule has 0 atom stereocenters. The number of nitrogens with one attached hydrogen (secondary N) is 3. The maximum absolute atomic E-state index is 12.9. The number of rotatable bonds is 6. The van der Waals surface area contributed by atoms with E-state index in [2.05, 4.69) is 16.0 Å². The number of phenols is 1. The van der Waals surface area contributed by atoms with E-state index in [1.165, 1.54) is 30.3 Å². The SMILES string of the molecule is O=C(NCCCNC(=O)c1cccc(O)c1)Nc1ccccc1C(F)(F)F. The monoisotopic (exact) mass is 381 g/mol. The Morgan fingerprint density at radius 2 is 1.67 bits per heavy atom. The molecule has 0 aliphatic heterocycles. The molecule has 9 heteroatoms. The fraction of sp³-hybridized carbons (Fsp3) is 0.222. The Morgan fingerprint density at radius 3 is 2.37 bits per heavy atom. The number of halogens is 3. The molecule has 0 aliphatic rings. The van der Waals surface area contributed by atoms with Crippen LogP contribution in [0.5, 0.6) is 5.75 Å². The van der Waals surface area contributed by atoms with Gasteiger partial charge in [-0.05, 0) is 36.8 Å². The molecule has 0 heterocycles. The standard InChI is InChI=1S/C18H18F3N3O3/c19-18(20,21)14-7-1-2-8-15(14)24-17(27)23-10-4-9-22-16(26)12-5-3-6-13(25)11-12/h1-3,5-8,11,25H,4,9-10H2,(H,22,26)(H2,23,24,27). The number of benzene rings is 2. The lowest BCUT2D eigenvalue weighted by Crippen LogP contribution is -2.33. The van der Waals surface area contributed by atoms with E-state index in [-0.39, 0.29) is 30.4 Å². The van der Waals surface area contributed by atoms with Crippen molar-refractivity contribution in [3.8, 4) is 5.75 Å². The van der Waals surface area contributed by atoms with Gasteiger partial charge in [-0.15, -0.1) is 0 Å². The topological polar surface area (TPSA) is 90.5 Å². The summed E-state index contributed by atoms with van der Waals surface area (Å²) in [5.41, 5.74) is -0.970. The molecule has 0 saturated carbocycles. The van der Waals surface area contributed by atoms with Gasteiger partial charge in [0.15, 0.2) is 0 Å². The zero-order chi connectivity index (χ0) is 19.9. The maximum atomic E-state index is 12.9. The Labute approximate surface area is 153 Å². The predicted octanol–water partition coefficient (Wildman–Crippen LogP) is 3.35. The van der Waals surface area contributed by atoms with Crippen molar-refractivity contribution in [3.63, 3.8) is 0 Å². The van der Waals surface area contributed by atoms with E-state index in [0.717, 1.165) is 12.1 Å². The average molecular weight is 381 g/mol. The molecule has 0 aliphatic carbocycles. The highest BCUT2D eigenvalue weighted by Gasteiger charge is 2.33. The van der Waals surface area contributed by atoms with Crippen LogP contribution in [0.3, 0.4) is 0 Å². The number of urea groups is 1. The first-order valence-electron chi connectivity index (χ1n) is 8.05. The van der Waals surface area contributed by atoms with Crippen LogP contribution in [0, 0.1) is 0 Å². The molecule has 4 N–H and O–H groups in total. The number of alkyl halides is 3. The number of hydrogen-bond acceptors (Lipinski definition) is 3. The molecular formula is C18H18F3N3O3. The summed E-state index contributed by atoms with van der Waals surface area (Å²) in [7, 11) is 0. The third-order valence-electron chi connectivity index (χ3n) is 3.51. The van der Waals surface area contributed by atoms with E-state index < -0.39 is 17.8 Å². The second kappa shape index (κ2) is 8.93. The highest BCUT2D eigenvalue weighted by molar-refractivity contribution is 5.94. The first kappa shape index (κ1) is 20.1. The Bertz CT molecular complexity index is 810. The second-order valence-corrected chi connectivity index (χ2v) is 5.58. The molecule has 0 bridgehead atoms. The summed E-state index contributed by atoms with van der Waals surface area (Å²) in [5, 5.41) is 16.5. The zero-order valence-corrected chi connectivity index (χ0v) is 14.1. The fourth-order valence-electron chi connectivity index (χ4n) is 2.25. The lowest BCUT2D eigenvalue weighted by atomic mass is 10.1. The molecule has 0 aromatic heterocycles. The van der Waals surface area contributed by atoms with Gasteiger partial charge in [-0.2, -0.15) is 13.2 Å². The molecule has 2 aromatic rings. The van der Waals surface area contributed by atoms with E-state index in [1.54, 1.807) is 6.07 Å². The highest BCUT2D eigenvalue weighted by Crippen LogP contribution is 2.34. The molecule has 3 amide bonds. The van der Waals surface area contributed by atoms with Crippen LogP contribution >= 0.6 is 0 Å². The summed E-state index contributed by atoms with van der Waals surface area (Å²) in [6.07, 6.45) is -4.20. The largest absolute Gasteiger partial charge is 0.508 e. The Balaban J connectivity index is 1.73. The number of para-hydroxylation sites is 1. The molecule has 6 nitrogen and oxygen atoms in total. The van der Waals surface area contributed by atoms with Crippen LogP contribution in [-0.2, 0) is 6.18 Å². The van der Waals surface area contributed by atoms with Crippen LogP contribution in [0.15, 0.2) is 48.5 Å². The van der Waals surface area contributed by atoms with Crippen molar-refractivity contribution in [2.45, 2.75) is 12.6 Å². The van der Waals surface area contributed by atoms with E-state index in [4.69, 9.17) is 0 Å². The van der Waals surface area contributed by atoms with Crippen LogP contribution in [0.25, 0.3) is 0 Å².